The summed E-state index contributed by atoms with van der Waals surface area (Å²) in [6.07, 6.45) is 2.47. The maximum absolute atomic E-state index is 10.6. The quantitative estimate of drug-likeness (QED) is 0.421. The van der Waals surface area contributed by atoms with E-state index in [1.165, 1.54) is 0 Å². The number of likely N-dealkylation sites (tertiary alicyclic amines) is 1. The van der Waals surface area contributed by atoms with Gasteiger partial charge < -0.3 is 39.6 Å². The van der Waals surface area contributed by atoms with E-state index in [4.69, 9.17) is 24.8 Å². The summed E-state index contributed by atoms with van der Waals surface area (Å²) in [6.45, 7) is 0.654. The smallest absolute Gasteiger partial charge is 0.0671 e. The SMILES string of the molecule is O=C([O-])C1CCCCN1C(=S)[S-]. The lowest BCUT2D eigenvalue weighted by molar-refractivity contribution is -0.311. The summed E-state index contributed by atoms with van der Waals surface area (Å²) in [7, 11) is 0. The molecule has 3 nitrogen and oxygen atoms in total. The molecule has 68 valence electrons. The maximum Gasteiger partial charge on any atom is 0.0671 e. The van der Waals surface area contributed by atoms with E-state index < -0.39 is 12.0 Å². The Bertz CT molecular complexity index is 186. The summed E-state index contributed by atoms with van der Waals surface area (Å²) in [5.74, 6) is -1.07. The number of hydrogen-bond acceptors (Lipinski definition) is 4. The van der Waals surface area contributed by atoms with Crippen LogP contribution in [-0.2, 0) is 17.4 Å². The van der Waals surface area contributed by atoms with Crippen molar-refractivity contribution < 1.29 is 9.90 Å². The summed E-state index contributed by atoms with van der Waals surface area (Å²) >= 11 is 9.52. The second kappa shape index (κ2) is 4.00. The third kappa shape index (κ3) is 2.04. The van der Waals surface area contributed by atoms with Gasteiger partial charge in [-0.05, 0) is 19.3 Å². The van der Waals surface area contributed by atoms with Crippen molar-refractivity contribution in [1.82, 2.24) is 4.90 Å². The summed E-state index contributed by atoms with van der Waals surface area (Å²) in [6, 6.07) is -0.594. The molecule has 0 saturated carbocycles. The molecular formula is C7H9NO2S2-2. The molecule has 1 atom stereocenters. The number of carboxylic acid groups (broad SMARTS) is 1. The normalized spacial score (nSPS) is 23.7. The number of hydrogen-bond donors (Lipinski definition) is 0. The minimum absolute atomic E-state index is 0.240. The lowest BCUT2D eigenvalue weighted by atomic mass is 10.0. The van der Waals surface area contributed by atoms with Gasteiger partial charge in [-0.2, -0.15) is 0 Å². The maximum atomic E-state index is 10.6. The highest BCUT2D eigenvalue weighted by atomic mass is 32.1. The Morgan fingerprint density at radius 3 is 2.67 bits per heavy atom. The van der Waals surface area contributed by atoms with Crippen LogP contribution in [0.5, 0.6) is 0 Å². The Balaban J connectivity index is 2.67. The second-order valence-electron chi connectivity index (χ2n) is 2.79. The van der Waals surface area contributed by atoms with Gasteiger partial charge in [-0.25, -0.2) is 0 Å². The Labute approximate surface area is 82.2 Å². The van der Waals surface area contributed by atoms with E-state index in [2.05, 4.69) is 0 Å². The Hall–Kier alpha value is -0.420. The number of carbonyl (C=O) groups is 1. The molecule has 0 aromatic rings. The van der Waals surface area contributed by atoms with Gasteiger partial charge in [0.15, 0.2) is 0 Å². The first-order valence-electron chi connectivity index (χ1n) is 3.81. The van der Waals surface area contributed by atoms with E-state index in [1.807, 2.05) is 0 Å². The molecule has 5 heteroatoms. The standard InChI is InChI=1S/C7H11NO2S2/c9-6(10)5-3-1-2-4-8(5)7(11)12/h5H,1-4H2,(H,9,10)(H,11,12)/p-2. The molecule has 1 fully saturated rings. The highest BCUT2D eigenvalue weighted by Gasteiger charge is 2.20. The minimum atomic E-state index is -1.07. The van der Waals surface area contributed by atoms with Gasteiger partial charge in [0.05, 0.1) is 12.0 Å². The molecule has 1 rings (SSSR count). The topological polar surface area (TPSA) is 43.4 Å². The molecule has 12 heavy (non-hydrogen) atoms. The monoisotopic (exact) mass is 203 g/mol. The lowest BCUT2D eigenvalue weighted by Gasteiger charge is -2.40. The van der Waals surface area contributed by atoms with Gasteiger partial charge in [0.2, 0.25) is 0 Å². The fourth-order valence-electron chi connectivity index (χ4n) is 1.40. The third-order valence-corrected chi connectivity index (χ3v) is 2.48. The molecule has 0 bridgehead atoms. The average molecular weight is 203 g/mol. The molecule has 0 amide bonds. The second-order valence-corrected chi connectivity index (χ2v) is 3.82. The molecule has 0 N–H and O–H groups in total. The molecular weight excluding hydrogens is 194 g/mol. The fourth-order valence-corrected chi connectivity index (χ4v) is 1.83. The number of rotatable bonds is 1. The van der Waals surface area contributed by atoms with E-state index in [0.717, 1.165) is 12.8 Å². The predicted molar refractivity (Wildman–Crippen MR) is 49.3 cm³/mol. The molecule has 1 unspecified atom stereocenters. The molecule has 0 spiro atoms. The number of piperidine rings is 1. The summed E-state index contributed by atoms with van der Waals surface area (Å²) in [4.78, 5) is 12.2. The van der Waals surface area contributed by atoms with Gasteiger partial charge in [-0.1, -0.05) is 4.32 Å². The predicted octanol–water partition coefficient (Wildman–Crippen LogP) is -0.577. The van der Waals surface area contributed by atoms with E-state index in [9.17, 15) is 9.90 Å². The van der Waals surface area contributed by atoms with Crippen LogP contribution in [0.3, 0.4) is 0 Å². The third-order valence-electron chi connectivity index (χ3n) is 2.01. The van der Waals surface area contributed by atoms with Crippen molar-refractivity contribution in [3.8, 4) is 0 Å². The largest absolute Gasteiger partial charge is 0.548 e. The first-order valence-corrected chi connectivity index (χ1v) is 4.63. The van der Waals surface area contributed by atoms with E-state index in [-0.39, 0.29) is 4.32 Å². The zero-order chi connectivity index (χ0) is 9.14. The summed E-state index contributed by atoms with van der Waals surface area (Å²) in [5.41, 5.74) is 0. The van der Waals surface area contributed by atoms with Crippen molar-refractivity contribution in [2.45, 2.75) is 25.3 Å². The first kappa shape index (κ1) is 9.67. The Morgan fingerprint density at radius 2 is 2.25 bits per heavy atom. The molecule has 1 saturated heterocycles. The Morgan fingerprint density at radius 1 is 1.58 bits per heavy atom. The van der Waals surface area contributed by atoms with Gasteiger partial charge in [0.1, 0.15) is 0 Å². The van der Waals surface area contributed by atoms with Gasteiger partial charge in [0.25, 0.3) is 0 Å². The van der Waals surface area contributed by atoms with Crippen LogP contribution in [0.4, 0.5) is 0 Å². The molecule has 0 aromatic heterocycles. The molecule has 0 aliphatic carbocycles. The van der Waals surface area contributed by atoms with Crippen molar-refractivity contribution >= 4 is 35.1 Å². The number of nitrogens with zero attached hydrogens (tertiary/aromatic N) is 1. The van der Waals surface area contributed by atoms with Crippen LogP contribution in [0, 0.1) is 0 Å². The lowest BCUT2D eigenvalue weighted by Crippen LogP contribution is -2.51. The van der Waals surface area contributed by atoms with Gasteiger partial charge in [-0.15, -0.1) is 0 Å². The highest BCUT2D eigenvalue weighted by molar-refractivity contribution is 8.00. The Kier molecular flexibility index (Phi) is 3.22. The van der Waals surface area contributed by atoms with Gasteiger partial charge in [0, 0.05) is 6.54 Å². The molecule has 0 radical (unpaired) electrons. The summed E-state index contributed by atoms with van der Waals surface area (Å²) in [5, 5.41) is 10.6. The van der Waals surface area contributed by atoms with Crippen molar-refractivity contribution in [3.63, 3.8) is 0 Å². The molecule has 1 aliphatic rings. The van der Waals surface area contributed by atoms with E-state index in [1.54, 1.807) is 4.90 Å². The average Bonchev–Trinajstić information content (AvgIpc) is 2.04. The van der Waals surface area contributed by atoms with Gasteiger partial charge in [-0.3, -0.25) is 0 Å². The zero-order valence-electron chi connectivity index (χ0n) is 6.49. The van der Waals surface area contributed by atoms with E-state index in [0.29, 0.717) is 13.0 Å². The minimum Gasteiger partial charge on any atom is -0.548 e. The van der Waals surface area contributed by atoms with Crippen molar-refractivity contribution in [1.29, 1.82) is 0 Å². The highest BCUT2D eigenvalue weighted by Crippen LogP contribution is 2.16. The van der Waals surface area contributed by atoms with Crippen LogP contribution in [-0.4, -0.2) is 27.8 Å². The number of carbonyl (C=O) groups excluding carboxylic acids is 1. The van der Waals surface area contributed by atoms with Crippen LogP contribution >= 0.6 is 12.2 Å². The van der Waals surface area contributed by atoms with Crippen LogP contribution in [0.25, 0.3) is 0 Å². The van der Waals surface area contributed by atoms with Gasteiger partial charge >= 0.3 is 0 Å². The fraction of sp³-hybridized carbons (Fsp3) is 0.714. The van der Waals surface area contributed by atoms with Crippen LogP contribution in [0.15, 0.2) is 0 Å². The zero-order valence-corrected chi connectivity index (χ0v) is 8.12. The van der Waals surface area contributed by atoms with Crippen LogP contribution in [0.2, 0.25) is 0 Å². The number of aliphatic carboxylic acids is 1. The van der Waals surface area contributed by atoms with Crippen LogP contribution < -0.4 is 5.11 Å². The first-order chi connectivity index (χ1) is 5.63. The van der Waals surface area contributed by atoms with Crippen molar-refractivity contribution in [3.05, 3.63) is 0 Å². The van der Waals surface area contributed by atoms with Crippen LogP contribution in [0.1, 0.15) is 19.3 Å². The molecule has 0 aromatic carbocycles. The number of carboxylic acids is 1. The molecule has 1 heterocycles. The molecule has 1 aliphatic heterocycles. The van der Waals surface area contributed by atoms with Crippen molar-refractivity contribution in [2.24, 2.45) is 0 Å². The van der Waals surface area contributed by atoms with Crippen molar-refractivity contribution in [2.75, 3.05) is 6.54 Å². The summed E-state index contributed by atoms with van der Waals surface area (Å²) < 4.78 is 0.240. The number of thiocarbonyl (C=S) groups is 1. The van der Waals surface area contributed by atoms with E-state index >= 15 is 0 Å².